The Kier molecular flexibility index (Phi) is 3.54. The summed E-state index contributed by atoms with van der Waals surface area (Å²) in [7, 11) is 0. The molecule has 0 radical (unpaired) electrons. The highest BCUT2D eigenvalue weighted by atomic mass is 35.5. The van der Waals surface area contributed by atoms with Crippen LogP contribution >= 0.6 is 11.6 Å². The second-order valence-electron chi connectivity index (χ2n) is 7.45. The van der Waals surface area contributed by atoms with E-state index < -0.39 is 5.60 Å². The Morgan fingerprint density at radius 3 is 2.05 bits per heavy atom. The molecular formula is C19H25ClO. The first-order valence-corrected chi connectivity index (χ1v) is 9.07. The zero-order valence-corrected chi connectivity index (χ0v) is 13.4. The summed E-state index contributed by atoms with van der Waals surface area (Å²) in [6.07, 6.45) is 10.3. The van der Waals surface area contributed by atoms with E-state index in [0.717, 1.165) is 22.4 Å². The molecule has 0 aromatic heterocycles. The molecule has 4 rings (SSSR count). The van der Waals surface area contributed by atoms with Crippen molar-refractivity contribution in [3.8, 4) is 0 Å². The van der Waals surface area contributed by atoms with E-state index >= 15 is 0 Å². The molecule has 3 aliphatic rings. The van der Waals surface area contributed by atoms with Crippen molar-refractivity contribution >= 4 is 11.6 Å². The summed E-state index contributed by atoms with van der Waals surface area (Å²) in [5.74, 6) is 2.40. The maximum absolute atomic E-state index is 11.8. The summed E-state index contributed by atoms with van der Waals surface area (Å²) in [5.41, 5.74) is 0.461. The molecule has 3 saturated carbocycles. The highest BCUT2D eigenvalue weighted by molar-refractivity contribution is 6.30. The van der Waals surface area contributed by atoms with Gasteiger partial charge in [0.2, 0.25) is 0 Å². The fraction of sp³-hybridized carbons (Fsp3) is 0.684. The highest BCUT2D eigenvalue weighted by Crippen LogP contribution is 2.62. The van der Waals surface area contributed by atoms with Crippen molar-refractivity contribution in [2.24, 2.45) is 23.7 Å². The third-order valence-electron chi connectivity index (χ3n) is 6.61. The zero-order chi connectivity index (χ0) is 14.4. The van der Waals surface area contributed by atoms with Crippen molar-refractivity contribution in [2.45, 2.75) is 57.0 Å². The normalized spacial score (nSPS) is 42.4. The van der Waals surface area contributed by atoms with Crippen LogP contribution in [0.15, 0.2) is 24.3 Å². The van der Waals surface area contributed by atoms with Crippen LogP contribution in [0.2, 0.25) is 5.02 Å². The van der Waals surface area contributed by atoms with E-state index in [0.29, 0.717) is 11.8 Å². The molecule has 3 fully saturated rings. The van der Waals surface area contributed by atoms with Gasteiger partial charge in [0, 0.05) is 5.02 Å². The van der Waals surface area contributed by atoms with Crippen molar-refractivity contribution in [1.29, 1.82) is 0 Å². The van der Waals surface area contributed by atoms with Crippen molar-refractivity contribution in [3.05, 3.63) is 34.9 Å². The van der Waals surface area contributed by atoms with E-state index in [-0.39, 0.29) is 0 Å². The lowest BCUT2D eigenvalue weighted by Gasteiger charge is -2.39. The van der Waals surface area contributed by atoms with E-state index in [9.17, 15) is 5.11 Å². The van der Waals surface area contributed by atoms with Gasteiger partial charge >= 0.3 is 0 Å². The first-order valence-electron chi connectivity index (χ1n) is 8.69. The van der Waals surface area contributed by atoms with Crippen molar-refractivity contribution in [3.63, 3.8) is 0 Å². The summed E-state index contributed by atoms with van der Waals surface area (Å²) in [5, 5.41) is 12.6. The lowest BCUT2D eigenvalue weighted by molar-refractivity contribution is -0.0650. The number of benzene rings is 1. The van der Waals surface area contributed by atoms with Gasteiger partial charge in [-0.2, -0.15) is 0 Å². The molecule has 0 aliphatic heterocycles. The molecule has 1 aromatic carbocycles. The summed E-state index contributed by atoms with van der Waals surface area (Å²) in [6.45, 7) is 0. The van der Waals surface area contributed by atoms with Gasteiger partial charge in [-0.25, -0.2) is 0 Å². The molecule has 0 heterocycles. The van der Waals surface area contributed by atoms with Crippen LogP contribution in [0.3, 0.4) is 0 Å². The minimum absolute atomic E-state index is 0.456. The van der Waals surface area contributed by atoms with Crippen molar-refractivity contribution in [2.75, 3.05) is 0 Å². The Labute approximate surface area is 132 Å². The lowest BCUT2D eigenvalue weighted by atomic mass is 9.71. The van der Waals surface area contributed by atoms with Gasteiger partial charge in [0.05, 0.1) is 5.60 Å². The first-order chi connectivity index (χ1) is 10.2. The third-order valence-corrected chi connectivity index (χ3v) is 6.84. The quantitative estimate of drug-likeness (QED) is 0.760. The van der Waals surface area contributed by atoms with Gasteiger partial charge in [0.25, 0.3) is 0 Å². The summed E-state index contributed by atoms with van der Waals surface area (Å²) in [4.78, 5) is 0. The number of aliphatic hydroxyl groups is 1. The standard InChI is InChI=1S/C19H25ClO/c20-14-7-5-6-13(12-14)19(21)17-10-3-1-8-15(17)16-9-2-4-11-18(16)19/h5-7,12,15-18,21H,1-4,8-11H2/t15-,16+,17+,18-,19?. The van der Waals surface area contributed by atoms with Gasteiger partial charge in [-0.3, -0.25) is 0 Å². The van der Waals surface area contributed by atoms with Crippen LogP contribution < -0.4 is 0 Å². The fourth-order valence-corrected chi connectivity index (χ4v) is 6.07. The zero-order valence-electron chi connectivity index (χ0n) is 12.6. The van der Waals surface area contributed by atoms with E-state index in [1.54, 1.807) is 0 Å². The molecule has 1 N–H and O–H groups in total. The van der Waals surface area contributed by atoms with Crippen LogP contribution in [0.25, 0.3) is 0 Å². The Hall–Kier alpha value is -0.530. The Morgan fingerprint density at radius 2 is 1.48 bits per heavy atom. The second kappa shape index (κ2) is 5.28. The minimum Gasteiger partial charge on any atom is -0.385 e. The molecule has 0 spiro atoms. The van der Waals surface area contributed by atoms with Gasteiger partial charge < -0.3 is 5.11 Å². The van der Waals surface area contributed by atoms with Crippen molar-refractivity contribution in [1.82, 2.24) is 0 Å². The van der Waals surface area contributed by atoms with Crippen LogP contribution in [-0.2, 0) is 5.60 Å². The maximum Gasteiger partial charge on any atom is 0.0958 e. The van der Waals surface area contributed by atoms with Crippen molar-refractivity contribution < 1.29 is 5.11 Å². The number of halogens is 1. The molecule has 1 nitrogen and oxygen atoms in total. The number of rotatable bonds is 1. The van der Waals surface area contributed by atoms with Crippen LogP contribution in [0.5, 0.6) is 0 Å². The van der Waals surface area contributed by atoms with E-state index in [4.69, 9.17) is 11.6 Å². The molecule has 3 aliphatic carbocycles. The van der Waals surface area contributed by atoms with Gasteiger partial charge in [0.1, 0.15) is 0 Å². The average Bonchev–Trinajstić information content (AvgIpc) is 2.79. The van der Waals surface area contributed by atoms with Crippen LogP contribution in [-0.4, -0.2) is 5.11 Å². The fourth-order valence-electron chi connectivity index (χ4n) is 5.88. The van der Waals surface area contributed by atoms with Gasteiger partial charge in [0.15, 0.2) is 0 Å². The molecule has 21 heavy (non-hydrogen) atoms. The predicted molar refractivity (Wildman–Crippen MR) is 86.2 cm³/mol. The Morgan fingerprint density at radius 1 is 0.905 bits per heavy atom. The van der Waals surface area contributed by atoms with E-state index in [2.05, 4.69) is 6.07 Å². The molecule has 0 amide bonds. The lowest BCUT2D eigenvalue weighted by Crippen LogP contribution is -2.39. The molecule has 1 aromatic rings. The average molecular weight is 305 g/mol. The summed E-state index contributed by atoms with van der Waals surface area (Å²) < 4.78 is 0. The molecule has 0 saturated heterocycles. The van der Waals surface area contributed by atoms with Crippen LogP contribution in [0.1, 0.15) is 56.9 Å². The number of hydrogen-bond donors (Lipinski definition) is 1. The van der Waals surface area contributed by atoms with Crippen LogP contribution in [0, 0.1) is 23.7 Å². The second-order valence-corrected chi connectivity index (χ2v) is 7.88. The smallest absolute Gasteiger partial charge is 0.0958 e. The maximum atomic E-state index is 11.8. The largest absolute Gasteiger partial charge is 0.385 e. The van der Waals surface area contributed by atoms with Crippen LogP contribution in [0.4, 0.5) is 0 Å². The number of hydrogen-bond acceptors (Lipinski definition) is 1. The summed E-state index contributed by atoms with van der Waals surface area (Å²) in [6, 6.07) is 8.04. The van der Waals surface area contributed by atoms with Gasteiger partial charge in [-0.05, 0) is 67.1 Å². The predicted octanol–water partition coefficient (Wildman–Crippen LogP) is 5.15. The molecular weight excluding hydrogens is 280 g/mol. The van der Waals surface area contributed by atoms with E-state index in [1.165, 1.54) is 51.4 Å². The molecule has 2 heteroatoms. The molecule has 114 valence electrons. The Balaban J connectivity index is 1.80. The SMILES string of the molecule is OC1(c2cccc(Cl)c2)[C@@H]2CCCC[C@H]2[C@H]2CCCC[C@@H]21. The van der Waals surface area contributed by atoms with Gasteiger partial charge in [-0.1, -0.05) is 49.4 Å². The molecule has 5 atom stereocenters. The first kappa shape index (κ1) is 14.1. The minimum atomic E-state index is -0.624. The number of fused-ring (bicyclic) bond motifs is 3. The highest BCUT2D eigenvalue weighted by Gasteiger charge is 2.60. The van der Waals surface area contributed by atoms with E-state index in [1.807, 2.05) is 18.2 Å². The molecule has 0 bridgehead atoms. The summed E-state index contributed by atoms with van der Waals surface area (Å²) >= 11 is 6.22. The molecule has 1 unspecified atom stereocenters. The monoisotopic (exact) mass is 304 g/mol. The third kappa shape index (κ3) is 2.08. The van der Waals surface area contributed by atoms with Gasteiger partial charge in [-0.15, -0.1) is 0 Å². The topological polar surface area (TPSA) is 20.2 Å². The Bertz CT molecular complexity index is 504.